The minimum Gasteiger partial charge on any atom is -0.508 e. The molecule has 0 aliphatic heterocycles. The van der Waals surface area contributed by atoms with Gasteiger partial charge in [-0.2, -0.15) is 0 Å². The number of phenolic OH excluding ortho intramolecular Hbond substituents is 2. The zero-order valence-electron chi connectivity index (χ0n) is 13.3. The minimum absolute atomic E-state index is 0.0547. The topological polar surface area (TPSA) is 79.9 Å². The Labute approximate surface area is 132 Å². The lowest BCUT2D eigenvalue weighted by molar-refractivity contribution is 0.380. The monoisotopic (exact) mass is 314 g/mol. The van der Waals surface area contributed by atoms with Gasteiger partial charge in [-0.3, -0.25) is 4.79 Å². The second-order valence-corrected chi connectivity index (χ2v) is 5.60. The molecule has 0 aliphatic rings. The lowest BCUT2D eigenvalue weighted by atomic mass is 9.99. The highest BCUT2D eigenvalue weighted by molar-refractivity contribution is 6.12. The van der Waals surface area contributed by atoms with Gasteiger partial charge >= 0.3 is 0 Å². The van der Waals surface area contributed by atoms with Crippen LogP contribution in [-0.4, -0.2) is 17.3 Å². The molecule has 1 heterocycles. The Balaban J connectivity index is 2.61. The summed E-state index contributed by atoms with van der Waals surface area (Å²) in [6, 6.07) is 4.49. The normalized spacial score (nSPS) is 11.3. The van der Waals surface area contributed by atoms with Gasteiger partial charge in [-0.05, 0) is 31.0 Å². The van der Waals surface area contributed by atoms with E-state index in [2.05, 4.69) is 0 Å². The Hall–Kier alpha value is -2.69. The highest BCUT2D eigenvalue weighted by Crippen LogP contribution is 2.44. The highest BCUT2D eigenvalue weighted by atomic mass is 16.5. The van der Waals surface area contributed by atoms with Crippen molar-refractivity contribution < 1.29 is 19.4 Å². The van der Waals surface area contributed by atoms with Crippen molar-refractivity contribution in [2.45, 2.75) is 26.7 Å². The number of hydrogen-bond acceptors (Lipinski definition) is 5. The highest BCUT2D eigenvalue weighted by Gasteiger charge is 2.21. The van der Waals surface area contributed by atoms with Gasteiger partial charge in [0.15, 0.2) is 16.9 Å². The van der Waals surface area contributed by atoms with Crippen molar-refractivity contribution in [1.29, 1.82) is 0 Å². The van der Waals surface area contributed by atoms with Crippen molar-refractivity contribution in [2.75, 3.05) is 7.11 Å². The number of methoxy groups -OCH3 is 1. The summed E-state index contributed by atoms with van der Waals surface area (Å²) in [5.74, 6) is 0.515. The summed E-state index contributed by atoms with van der Waals surface area (Å²) in [4.78, 5) is 12.5. The van der Waals surface area contributed by atoms with Gasteiger partial charge in [0.05, 0.1) is 7.11 Å². The van der Waals surface area contributed by atoms with Crippen LogP contribution in [0.25, 0.3) is 21.7 Å². The summed E-state index contributed by atoms with van der Waals surface area (Å²) in [5.41, 5.74) is 0.756. The molecule has 0 unspecified atom stereocenters. The van der Waals surface area contributed by atoms with Gasteiger partial charge in [0.2, 0.25) is 0 Å². The fourth-order valence-corrected chi connectivity index (χ4v) is 3.01. The third-order valence-corrected chi connectivity index (χ3v) is 3.94. The maximum Gasteiger partial charge on any atom is 0.196 e. The molecule has 5 heteroatoms. The van der Waals surface area contributed by atoms with E-state index < -0.39 is 0 Å². The molecule has 5 nitrogen and oxygen atoms in total. The number of hydrogen-bond donors (Lipinski definition) is 2. The molecule has 0 radical (unpaired) electrons. The minimum atomic E-state index is -0.306. The molecule has 0 saturated heterocycles. The van der Waals surface area contributed by atoms with Crippen LogP contribution in [0.4, 0.5) is 0 Å². The molecule has 3 aromatic rings. The van der Waals surface area contributed by atoms with Crippen LogP contribution in [0.5, 0.6) is 17.2 Å². The number of aryl methyl sites for hydroxylation is 2. The van der Waals surface area contributed by atoms with Crippen molar-refractivity contribution in [3.63, 3.8) is 0 Å². The zero-order chi connectivity index (χ0) is 16.7. The van der Waals surface area contributed by atoms with Gasteiger partial charge in [-0.25, -0.2) is 0 Å². The Morgan fingerprint density at radius 2 is 1.91 bits per heavy atom. The van der Waals surface area contributed by atoms with Gasteiger partial charge in [-0.1, -0.05) is 6.92 Å². The molecular formula is C18H18O5. The maximum absolute atomic E-state index is 12.5. The molecular weight excluding hydrogens is 296 g/mol. The van der Waals surface area contributed by atoms with Crippen LogP contribution in [0.3, 0.4) is 0 Å². The van der Waals surface area contributed by atoms with Gasteiger partial charge in [-0.15, -0.1) is 0 Å². The molecule has 2 N–H and O–H groups in total. The molecule has 0 aliphatic carbocycles. The molecule has 120 valence electrons. The largest absolute Gasteiger partial charge is 0.508 e. The molecule has 1 aromatic heterocycles. The van der Waals surface area contributed by atoms with Crippen LogP contribution in [0.1, 0.15) is 24.7 Å². The zero-order valence-corrected chi connectivity index (χ0v) is 13.3. The van der Waals surface area contributed by atoms with Crippen molar-refractivity contribution in [3.8, 4) is 17.2 Å². The second kappa shape index (κ2) is 5.50. The average Bonchev–Trinajstić information content (AvgIpc) is 2.46. The Kier molecular flexibility index (Phi) is 3.64. The first-order chi connectivity index (χ1) is 11.0. The third-order valence-electron chi connectivity index (χ3n) is 3.94. The standard InChI is InChI=1S/C18H18O5/c1-4-5-11-8-13(20)15-16(21)17(22-3)12-7-10(19)6-9(2)14(12)18(15)23-11/h6-8,19,21H,4-5H2,1-3H3. The average molecular weight is 314 g/mol. The predicted molar refractivity (Wildman–Crippen MR) is 88.6 cm³/mol. The molecule has 0 bridgehead atoms. The van der Waals surface area contributed by atoms with Gasteiger partial charge in [0, 0.05) is 23.3 Å². The third kappa shape index (κ3) is 2.29. The number of rotatable bonds is 3. The van der Waals surface area contributed by atoms with E-state index in [0.29, 0.717) is 28.5 Å². The number of ether oxygens (including phenoxy) is 1. The number of phenols is 2. The van der Waals surface area contributed by atoms with Gasteiger partial charge < -0.3 is 19.4 Å². The summed E-state index contributed by atoms with van der Waals surface area (Å²) >= 11 is 0. The van der Waals surface area contributed by atoms with E-state index in [1.807, 2.05) is 13.8 Å². The molecule has 0 spiro atoms. The summed E-state index contributed by atoms with van der Waals surface area (Å²) in [6.07, 6.45) is 1.48. The number of fused-ring (bicyclic) bond motifs is 3. The molecule has 0 amide bonds. The van der Waals surface area contributed by atoms with Crippen LogP contribution in [0, 0.1) is 6.92 Å². The lowest BCUT2D eigenvalue weighted by Gasteiger charge is -2.14. The van der Waals surface area contributed by atoms with Gasteiger partial charge in [0.1, 0.15) is 22.5 Å². The van der Waals surface area contributed by atoms with E-state index >= 15 is 0 Å². The number of benzene rings is 2. The fourth-order valence-electron chi connectivity index (χ4n) is 3.01. The van der Waals surface area contributed by atoms with Crippen LogP contribution >= 0.6 is 0 Å². The van der Waals surface area contributed by atoms with Crippen molar-refractivity contribution in [3.05, 3.63) is 39.7 Å². The number of aromatic hydroxyl groups is 2. The van der Waals surface area contributed by atoms with E-state index in [1.165, 1.54) is 19.2 Å². The summed E-state index contributed by atoms with van der Waals surface area (Å²) in [7, 11) is 1.41. The summed E-state index contributed by atoms with van der Waals surface area (Å²) in [6.45, 7) is 3.81. The van der Waals surface area contributed by atoms with E-state index in [9.17, 15) is 15.0 Å². The quantitative estimate of drug-likeness (QED) is 0.722. The molecule has 0 fully saturated rings. The van der Waals surface area contributed by atoms with Crippen LogP contribution in [0.2, 0.25) is 0 Å². The first kappa shape index (κ1) is 15.2. The van der Waals surface area contributed by atoms with Crippen LogP contribution in [0.15, 0.2) is 27.4 Å². The lowest BCUT2D eigenvalue weighted by Crippen LogP contribution is -2.04. The SMILES string of the molecule is CCCc1cc(=O)c2c(O)c(OC)c3cc(O)cc(C)c3c2o1. The molecule has 0 atom stereocenters. The predicted octanol–water partition coefficient (Wildman–Crippen LogP) is 3.63. The van der Waals surface area contributed by atoms with Crippen molar-refractivity contribution >= 4 is 21.7 Å². The molecule has 0 saturated carbocycles. The van der Waals surface area contributed by atoms with Crippen molar-refractivity contribution in [2.24, 2.45) is 0 Å². The molecule has 3 rings (SSSR count). The van der Waals surface area contributed by atoms with Gasteiger partial charge in [0.25, 0.3) is 0 Å². The maximum atomic E-state index is 12.5. The Bertz CT molecular complexity index is 969. The van der Waals surface area contributed by atoms with E-state index in [1.54, 1.807) is 6.07 Å². The fraction of sp³-hybridized carbons (Fsp3) is 0.278. The van der Waals surface area contributed by atoms with Crippen molar-refractivity contribution in [1.82, 2.24) is 0 Å². The van der Waals surface area contributed by atoms with Crippen LogP contribution < -0.4 is 10.2 Å². The molecule has 2 aromatic carbocycles. The summed E-state index contributed by atoms with van der Waals surface area (Å²) < 4.78 is 11.2. The summed E-state index contributed by atoms with van der Waals surface area (Å²) in [5, 5.41) is 21.6. The first-order valence-electron chi connectivity index (χ1n) is 7.46. The Morgan fingerprint density at radius 1 is 1.17 bits per heavy atom. The molecule has 23 heavy (non-hydrogen) atoms. The smallest absolute Gasteiger partial charge is 0.196 e. The Morgan fingerprint density at radius 3 is 2.57 bits per heavy atom. The first-order valence-corrected chi connectivity index (χ1v) is 7.46. The second-order valence-electron chi connectivity index (χ2n) is 5.60. The van der Waals surface area contributed by atoms with E-state index in [-0.39, 0.29) is 28.1 Å². The van der Waals surface area contributed by atoms with Crippen LogP contribution in [-0.2, 0) is 6.42 Å². The van der Waals surface area contributed by atoms with E-state index in [4.69, 9.17) is 9.15 Å². The van der Waals surface area contributed by atoms with E-state index in [0.717, 1.165) is 12.0 Å².